The number of halogens is 6. The van der Waals surface area contributed by atoms with E-state index in [1.165, 1.54) is 11.8 Å². The third-order valence-electron chi connectivity index (χ3n) is 3.78. The molecule has 142 valence electrons. The molecule has 1 aromatic heterocycles. The number of benzene rings is 2. The number of hydrogen-bond acceptors (Lipinski definition) is 3. The molecule has 0 unspecified atom stereocenters. The molecule has 0 radical (unpaired) electrons. The van der Waals surface area contributed by atoms with E-state index in [4.69, 9.17) is 0 Å². The van der Waals surface area contributed by atoms with Gasteiger partial charge in [-0.3, -0.25) is 0 Å². The zero-order chi connectivity index (χ0) is 19.8. The zero-order valence-electron chi connectivity index (χ0n) is 13.7. The molecule has 3 rings (SSSR count). The van der Waals surface area contributed by atoms with Crippen LogP contribution in [0, 0.1) is 0 Å². The monoisotopic (exact) mass is 402 g/mol. The van der Waals surface area contributed by atoms with Gasteiger partial charge in [0.2, 0.25) is 0 Å². The summed E-state index contributed by atoms with van der Waals surface area (Å²) in [5.74, 6) is 0. The third kappa shape index (κ3) is 4.29. The van der Waals surface area contributed by atoms with Crippen LogP contribution in [-0.2, 0) is 12.4 Å². The fourth-order valence-corrected chi connectivity index (χ4v) is 2.97. The van der Waals surface area contributed by atoms with Crippen LogP contribution in [0.25, 0.3) is 10.9 Å². The molecule has 27 heavy (non-hydrogen) atoms. The lowest BCUT2D eigenvalue weighted by Crippen LogP contribution is -2.10. The molecule has 0 fully saturated rings. The van der Waals surface area contributed by atoms with E-state index < -0.39 is 23.6 Å². The van der Waals surface area contributed by atoms with Gasteiger partial charge in [0.1, 0.15) is 5.69 Å². The van der Waals surface area contributed by atoms with E-state index >= 15 is 0 Å². The molecular weight excluding hydrogens is 390 g/mol. The highest BCUT2D eigenvalue weighted by molar-refractivity contribution is 7.98. The molecule has 0 bridgehead atoms. The summed E-state index contributed by atoms with van der Waals surface area (Å²) in [6.45, 7) is 0. The quantitative estimate of drug-likeness (QED) is 0.388. The zero-order valence-corrected chi connectivity index (χ0v) is 14.6. The van der Waals surface area contributed by atoms with E-state index in [0.29, 0.717) is 11.8 Å². The minimum Gasteiger partial charge on any atom is -0.355 e. The van der Waals surface area contributed by atoms with Crippen LogP contribution in [-0.4, -0.2) is 11.2 Å². The molecule has 0 atom stereocenters. The normalized spacial score (nSPS) is 12.4. The average molecular weight is 402 g/mol. The van der Waals surface area contributed by atoms with Gasteiger partial charge in [-0.25, -0.2) is 4.98 Å². The van der Waals surface area contributed by atoms with Crippen LogP contribution < -0.4 is 5.32 Å². The highest BCUT2D eigenvalue weighted by Crippen LogP contribution is 2.37. The Kier molecular flexibility index (Phi) is 4.98. The second-order valence-electron chi connectivity index (χ2n) is 5.64. The van der Waals surface area contributed by atoms with Crippen molar-refractivity contribution in [2.75, 3.05) is 11.6 Å². The first kappa shape index (κ1) is 19.3. The maximum atomic E-state index is 13.2. The van der Waals surface area contributed by atoms with E-state index in [0.717, 1.165) is 23.1 Å². The lowest BCUT2D eigenvalue weighted by molar-refractivity contribution is -0.140. The molecule has 1 heterocycles. The minimum absolute atomic E-state index is 0.0271. The Bertz CT molecular complexity index is 976. The SMILES string of the molecule is CSc1cccc(Nc2cc(C(F)(F)F)nc3cc(C(F)(F)F)ccc23)c1. The molecule has 0 saturated carbocycles. The summed E-state index contributed by atoms with van der Waals surface area (Å²) in [7, 11) is 0. The minimum atomic E-state index is -4.79. The summed E-state index contributed by atoms with van der Waals surface area (Å²) in [5.41, 5.74) is -2.17. The van der Waals surface area contributed by atoms with Crippen molar-refractivity contribution in [1.29, 1.82) is 0 Å². The number of hydrogen-bond donors (Lipinski definition) is 1. The second-order valence-corrected chi connectivity index (χ2v) is 6.52. The van der Waals surface area contributed by atoms with Gasteiger partial charge >= 0.3 is 12.4 Å². The number of anilines is 2. The highest BCUT2D eigenvalue weighted by Gasteiger charge is 2.35. The van der Waals surface area contributed by atoms with E-state index in [2.05, 4.69) is 10.3 Å². The van der Waals surface area contributed by atoms with Crippen LogP contribution in [0.5, 0.6) is 0 Å². The summed E-state index contributed by atoms with van der Waals surface area (Å²) in [5, 5.41) is 3.02. The number of fused-ring (bicyclic) bond motifs is 1. The van der Waals surface area contributed by atoms with Crippen molar-refractivity contribution in [3.63, 3.8) is 0 Å². The van der Waals surface area contributed by atoms with Crippen molar-refractivity contribution in [2.24, 2.45) is 0 Å². The molecule has 0 aliphatic carbocycles. The highest BCUT2D eigenvalue weighted by atomic mass is 32.2. The van der Waals surface area contributed by atoms with Crippen molar-refractivity contribution < 1.29 is 26.3 Å². The Morgan fingerprint density at radius 2 is 1.63 bits per heavy atom. The van der Waals surface area contributed by atoms with Crippen molar-refractivity contribution in [3.8, 4) is 0 Å². The van der Waals surface area contributed by atoms with E-state index in [9.17, 15) is 26.3 Å². The molecule has 3 aromatic rings. The van der Waals surface area contributed by atoms with Crippen LogP contribution in [0.2, 0.25) is 0 Å². The van der Waals surface area contributed by atoms with E-state index in [1.54, 1.807) is 18.2 Å². The molecule has 0 spiro atoms. The molecule has 2 aromatic carbocycles. The smallest absolute Gasteiger partial charge is 0.355 e. The van der Waals surface area contributed by atoms with Gasteiger partial charge in [-0.05, 0) is 42.7 Å². The van der Waals surface area contributed by atoms with E-state index in [-0.39, 0.29) is 16.6 Å². The largest absolute Gasteiger partial charge is 0.433 e. The standard InChI is InChI=1S/C18H12F6N2S/c1-27-12-4-2-3-11(8-12)25-15-9-16(18(22,23)24)26-14-7-10(17(19,20)21)5-6-13(14)15/h2-9H,1H3,(H,25,26). The van der Waals surface area contributed by atoms with Crippen LogP contribution in [0.15, 0.2) is 53.4 Å². The topological polar surface area (TPSA) is 24.9 Å². The Hall–Kier alpha value is -2.42. The van der Waals surface area contributed by atoms with Crippen molar-refractivity contribution >= 4 is 34.0 Å². The van der Waals surface area contributed by atoms with Crippen molar-refractivity contribution in [3.05, 3.63) is 59.8 Å². The Balaban J connectivity index is 2.17. The lowest BCUT2D eigenvalue weighted by atomic mass is 10.1. The summed E-state index contributed by atoms with van der Waals surface area (Å²) in [6, 6.07) is 10.3. The van der Waals surface area contributed by atoms with Crippen LogP contribution in [0.4, 0.5) is 37.7 Å². The summed E-state index contributed by atoms with van der Waals surface area (Å²) < 4.78 is 78.3. The first-order chi connectivity index (χ1) is 12.6. The van der Waals surface area contributed by atoms with Gasteiger partial charge in [-0.1, -0.05) is 12.1 Å². The average Bonchev–Trinajstić information content (AvgIpc) is 2.59. The maximum absolute atomic E-state index is 13.2. The van der Waals surface area contributed by atoms with Crippen molar-refractivity contribution in [2.45, 2.75) is 17.2 Å². The second kappa shape index (κ2) is 6.95. The number of thioether (sulfide) groups is 1. The van der Waals surface area contributed by atoms with Gasteiger partial charge in [0.05, 0.1) is 16.8 Å². The van der Waals surface area contributed by atoms with Crippen LogP contribution >= 0.6 is 11.8 Å². The Morgan fingerprint density at radius 1 is 0.889 bits per heavy atom. The van der Waals surface area contributed by atoms with Gasteiger partial charge in [-0.15, -0.1) is 11.8 Å². The molecule has 2 nitrogen and oxygen atoms in total. The van der Waals surface area contributed by atoms with Gasteiger partial charge in [-0.2, -0.15) is 26.3 Å². The van der Waals surface area contributed by atoms with Gasteiger partial charge in [0.25, 0.3) is 0 Å². The summed E-state index contributed by atoms with van der Waals surface area (Å²) in [4.78, 5) is 4.27. The fraction of sp³-hybridized carbons (Fsp3) is 0.167. The van der Waals surface area contributed by atoms with Crippen molar-refractivity contribution in [1.82, 2.24) is 4.98 Å². The van der Waals surface area contributed by atoms with Gasteiger partial charge in [0.15, 0.2) is 0 Å². The molecule has 0 amide bonds. The molecule has 0 aliphatic heterocycles. The maximum Gasteiger partial charge on any atom is 0.433 e. The molecule has 0 saturated heterocycles. The van der Waals surface area contributed by atoms with E-state index in [1.807, 2.05) is 12.3 Å². The number of nitrogens with one attached hydrogen (secondary N) is 1. The lowest BCUT2D eigenvalue weighted by Gasteiger charge is -2.15. The number of aromatic nitrogens is 1. The Morgan fingerprint density at radius 3 is 2.26 bits per heavy atom. The predicted molar refractivity (Wildman–Crippen MR) is 93.3 cm³/mol. The van der Waals surface area contributed by atoms with Crippen LogP contribution in [0.3, 0.4) is 0 Å². The molecule has 0 aliphatic rings. The number of rotatable bonds is 3. The number of nitrogens with zero attached hydrogens (tertiary/aromatic N) is 1. The first-order valence-corrected chi connectivity index (χ1v) is 8.80. The molecule has 9 heteroatoms. The number of alkyl halides is 6. The number of pyridine rings is 1. The predicted octanol–water partition coefficient (Wildman–Crippen LogP) is 6.74. The summed E-state index contributed by atoms with van der Waals surface area (Å²) >= 11 is 1.45. The third-order valence-corrected chi connectivity index (χ3v) is 4.50. The summed E-state index contributed by atoms with van der Waals surface area (Å²) in [6.07, 6.45) is -7.62. The van der Waals surface area contributed by atoms with Crippen LogP contribution in [0.1, 0.15) is 11.3 Å². The Labute approximate surface area is 154 Å². The molecular formula is C18H12F6N2S. The van der Waals surface area contributed by atoms with Gasteiger partial charge < -0.3 is 5.32 Å². The first-order valence-electron chi connectivity index (χ1n) is 7.58. The van der Waals surface area contributed by atoms with Gasteiger partial charge in [0, 0.05) is 16.0 Å². The fourth-order valence-electron chi connectivity index (χ4n) is 2.51. The molecule has 1 N–H and O–H groups in total.